The highest BCUT2D eigenvalue weighted by molar-refractivity contribution is 5.82. The van der Waals surface area contributed by atoms with E-state index in [2.05, 4.69) is 10.3 Å². The summed E-state index contributed by atoms with van der Waals surface area (Å²) in [6.07, 6.45) is -2.85. The smallest absolute Gasteiger partial charge is 0.314 e. The molecule has 1 aliphatic heterocycles. The van der Waals surface area contributed by atoms with Crippen molar-refractivity contribution in [1.82, 2.24) is 15.2 Å². The second-order valence-corrected chi connectivity index (χ2v) is 5.15. The number of hydrogen-bond donors (Lipinski definition) is 1. The Kier molecular flexibility index (Phi) is 3.82. The van der Waals surface area contributed by atoms with E-state index in [1.807, 2.05) is 0 Å². The zero-order valence-corrected chi connectivity index (χ0v) is 11.4. The van der Waals surface area contributed by atoms with Gasteiger partial charge in [0.1, 0.15) is 6.04 Å². The molecule has 2 aromatic rings. The van der Waals surface area contributed by atoms with Crippen LogP contribution in [0.2, 0.25) is 0 Å². The molecule has 21 heavy (non-hydrogen) atoms. The third-order valence-electron chi connectivity index (χ3n) is 3.80. The fourth-order valence-electron chi connectivity index (χ4n) is 2.88. The van der Waals surface area contributed by atoms with Gasteiger partial charge in [0, 0.05) is 37.8 Å². The summed E-state index contributed by atoms with van der Waals surface area (Å²) in [6, 6.07) is 6.89. The first-order chi connectivity index (χ1) is 10.1. The zero-order chi connectivity index (χ0) is 14.9. The number of hydrogen-bond acceptors (Lipinski definition) is 3. The number of halogens is 3. The first-order valence-corrected chi connectivity index (χ1v) is 6.92. The van der Waals surface area contributed by atoms with Crippen molar-refractivity contribution in [3.63, 3.8) is 0 Å². The average Bonchev–Trinajstić information content (AvgIpc) is 2.47. The first kappa shape index (κ1) is 14.3. The van der Waals surface area contributed by atoms with E-state index >= 15 is 0 Å². The van der Waals surface area contributed by atoms with Gasteiger partial charge in [-0.1, -0.05) is 18.2 Å². The maximum atomic E-state index is 13.6. The molecule has 1 saturated heterocycles. The fraction of sp³-hybridized carbons (Fsp3) is 0.400. The highest BCUT2D eigenvalue weighted by Gasteiger charge is 2.45. The van der Waals surface area contributed by atoms with Crippen LogP contribution in [0.5, 0.6) is 0 Å². The van der Waals surface area contributed by atoms with Gasteiger partial charge in [0.05, 0.1) is 5.52 Å². The molecule has 6 heteroatoms. The second-order valence-electron chi connectivity index (χ2n) is 5.15. The number of benzene rings is 1. The molecule has 2 heterocycles. The number of rotatable bonds is 2. The Morgan fingerprint density at radius 1 is 1.10 bits per heavy atom. The minimum atomic E-state index is -4.30. The Balaban J connectivity index is 2.10. The zero-order valence-electron chi connectivity index (χ0n) is 11.4. The van der Waals surface area contributed by atoms with Gasteiger partial charge in [-0.05, 0) is 17.7 Å². The van der Waals surface area contributed by atoms with Crippen molar-refractivity contribution in [2.75, 3.05) is 26.2 Å². The van der Waals surface area contributed by atoms with Gasteiger partial charge in [-0.25, -0.2) is 0 Å². The Bertz CT molecular complexity index is 616. The van der Waals surface area contributed by atoms with Crippen LogP contribution >= 0.6 is 0 Å². The van der Waals surface area contributed by atoms with Gasteiger partial charge in [-0.15, -0.1) is 0 Å². The molecule has 0 amide bonds. The minimum Gasteiger partial charge on any atom is -0.314 e. The van der Waals surface area contributed by atoms with Crippen LogP contribution in [0.3, 0.4) is 0 Å². The molecular formula is C15H16F3N3. The van der Waals surface area contributed by atoms with E-state index in [0.29, 0.717) is 37.1 Å². The lowest BCUT2D eigenvalue weighted by Crippen LogP contribution is -2.49. The molecule has 1 fully saturated rings. The van der Waals surface area contributed by atoms with Crippen LogP contribution in [0, 0.1) is 0 Å². The maximum Gasteiger partial charge on any atom is 0.408 e. The molecule has 0 saturated carbocycles. The fourth-order valence-corrected chi connectivity index (χ4v) is 2.88. The molecular weight excluding hydrogens is 279 g/mol. The van der Waals surface area contributed by atoms with Gasteiger partial charge in [0.2, 0.25) is 0 Å². The van der Waals surface area contributed by atoms with Crippen molar-refractivity contribution in [2.24, 2.45) is 0 Å². The molecule has 3 nitrogen and oxygen atoms in total. The maximum absolute atomic E-state index is 13.6. The van der Waals surface area contributed by atoms with Gasteiger partial charge in [-0.3, -0.25) is 9.88 Å². The van der Waals surface area contributed by atoms with Crippen LogP contribution in [-0.4, -0.2) is 42.2 Å². The number of piperazine rings is 1. The molecule has 0 radical (unpaired) electrons. The third kappa shape index (κ3) is 2.87. The van der Waals surface area contributed by atoms with Gasteiger partial charge in [0.25, 0.3) is 0 Å². The van der Waals surface area contributed by atoms with Crippen LogP contribution in [-0.2, 0) is 0 Å². The van der Waals surface area contributed by atoms with Crippen LogP contribution in [0.25, 0.3) is 10.9 Å². The van der Waals surface area contributed by atoms with Gasteiger partial charge in [0.15, 0.2) is 0 Å². The van der Waals surface area contributed by atoms with E-state index in [1.54, 1.807) is 24.3 Å². The summed E-state index contributed by atoms with van der Waals surface area (Å²) >= 11 is 0. The Labute approximate surface area is 120 Å². The summed E-state index contributed by atoms with van der Waals surface area (Å²) in [7, 11) is 0. The summed E-state index contributed by atoms with van der Waals surface area (Å²) in [6.45, 7) is 1.94. The Morgan fingerprint density at radius 3 is 2.52 bits per heavy atom. The quantitative estimate of drug-likeness (QED) is 0.923. The summed E-state index contributed by atoms with van der Waals surface area (Å²) < 4.78 is 40.9. The molecule has 1 aromatic heterocycles. The molecule has 1 N–H and O–H groups in total. The molecule has 1 aromatic carbocycles. The Hall–Kier alpha value is -1.66. The number of alkyl halides is 3. The van der Waals surface area contributed by atoms with Crippen molar-refractivity contribution in [1.29, 1.82) is 0 Å². The van der Waals surface area contributed by atoms with Gasteiger partial charge in [-0.2, -0.15) is 13.2 Å². The summed E-state index contributed by atoms with van der Waals surface area (Å²) in [5, 5.41) is 3.66. The summed E-state index contributed by atoms with van der Waals surface area (Å²) in [5.74, 6) is 0. The van der Waals surface area contributed by atoms with Crippen molar-refractivity contribution in [3.8, 4) is 0 Å². The van der Waals surface area contributed by atoms with E-state index in [0.717, 1.165) is 0 Å². The van der Waals surface area contributed by atoms with Crippen molar-refractivity contribution in [3.05, 3.63) is 42.1 Å². The normalized spacial score (nSPS) is 18.8. The van der Waals surface area contributed by atoms with Crippen LogP contribution in [0.4, 0.5) is 13.2 Å². The molecule has 1 aliphatic rings. The topological polar surface area (TPSA) is 28.2 Å². The number of pyridine rings is 1. The molecule has 3 rings (SSSR count). The number of nitrogens with one attached hydrogen (secondary N) is 1. The highest BCUT2D eigenvalue weighted by Crippen LogP contribution is 2.40. The predicted octanol–water partition coefficient (Wildman–Crippen LogP) is 2.74. The van der Waals surface area contributed by atoms with Gasteiger partial charge >= 0.3 is 6.18 Å². The number of fused-ring (bicyclic) bond motifs is 1. The molecule has 112 valence electrons. The largest absolute Gasteiger partial charge is 0.408 e. The first-order valence-electron chi connectivity index (χ1n) is 6.92. The summed E-state index contributed by atoms with van der Waals surface area (Å²) in [4.78, 5) is 5.65. The molecule has 0 aliphatic carbocycles. The highest BCUT2D eigenvalue weighted by atomic mass is 19.4. The number of nitrogens with zero attached hydrogens (tertiary/aromatic N) is 2. The lowest BCUT2D eigenvalue weighted by Gasteiger charge is -2.36. The lowest BCUT2D eigenvalue weighted by atomic mass is 9.99. The standard InChI is InChI=1S/C15H16F3N3/c16-15(17,18)14(21-9-7-19-8-10-21)12-5-6-20-13-4-2-1-3-11(12)13/h1-6,14,19H,7-10H2/t14-/m0/s1. The van der Waals surface area contributed by atoms with Crippen molar-refractivity contribution < 1.29 is 13.2 Å². The summed E-state index contributed by atoms with van der Waals surface area (Å²) in [5.41, 5.74) is 0.884. The lowest BCUT2D eigenvalue weighted by molar-refractivity contribution is -0.187. The van der Waals surface area contributed by atoms with E-state index in [9.17, 15) is 13.2 Å². The van der Waals surface area contributed by atoms with E-state index in [4.69, 9.17) is 0 Å². The predicted molar refractivity (Wildman–Crippen MR) is 75.0 cm³/mol. The van der Waals surface area contributed by atoms with Crippen LogP contribution in [0.1, 0.15) is 11.6 Å². The molecule has 0 spiro atoms. The SMILES string of the molecule is FC(F)(F)[C@H](c1ccnc2ccccc12)N1CCNCC1. The molecule has 1 atom stereocenters. The van der Waals surface area contributed by atoms with E-state index in [-0.39, 0.29) is 5.56 Å². The second kappa shape index (κ2) is 5.61. The van der Waals surface area contributed by atoms with Crippen molar-refractivity contribution in [2.45, 2.75) is 12.2 Å². The van der Waals surface area contributed by atoms with E-state index < -0.39 is 12.2 Å². The number of aromatic nitrogens is 1. The minimum absolute atomic E-state index is 0.287. The van der Waals surface area contributed by atoms with Gasteiger partial charge < -0.3 is 5.32 Å². The Morgan fingerprint density at radius 2 is 1.81 bits per heavy atom. The van der Waals surface area contributed by atoms with Crippen molar-refractivity contribution >= 4 is 10.9 Å². The molecule has 0 unspecified atom stereocenters. The monoisotopic (exact) mass is 295 g/mol. The average molecular weight is 295 g/mol. The number of para-hydroxylation sites is 1. The third-order valence-corrected chi connectivity index (χ3v) is 3.80. The van der Waals surface area contributed by atoms with Crippen LogP contribution in [0.15, 0.2) is 36.5 Å². The van der Waals surface area contributed by atoms with E-state index in [1.165, 1.54) is 17.2 Å². The van der Waals surface area contributed by atoms with Crippen LogP contribution < -0.4 is 5.32 Å². The molecule has 0 bridgehead atoms.